The molecule has 102 valence electrons. The lowest BCUT2D eigenvalue weighted by molar-refractivity contribution is 0.209. The smallest absolute Gasteiger partial charge is 0.0668 e. The molecule has 0 bridgehead atoms. The first-order valence-electron chi connectivity index (χ1n) is 7.08. The summed E-state index contributed by atoms with van der Waals surface area (Å²) in [6.45, 7) is 5.66. The van der Waals surface area contributed by atoms with E-state index >= 15 is 0 Å². The Morgan fingerprint density at radius 1 is 1.53 bits per heavy atom. The average Bonchev–Trinajstić information content (AvgIpc) is 3.08. The molecule has 1 saturated heterocycles. The van der Waals surface area contributed by atoms with Crippen LogP contribution in [0.3, 0.4) is 0 Å². The molecule has 3 rings (SSSR count). The number of hydrogen-bond acceptors (Lipinski definition) is 3. The second-order valence-corrected chi connectivity index (χ2v) is 6.48. The van der Waals surface area contributed by atoms with Crippen LogP contribution >= 0.6 is 11.3 Å². The molecule has 1 unspecified atom stereocenters. The van der Waals surface area contributed by atoms with Crippen LogP contribution in [0.1, 0.15) is 35.0 Å². The molecule has 3 heterocycles. The number of thiophene rings is 1. The van der Waals surface area contributed by atoms with Gasteiger partial charge in [-0.05, 0) is 50.2 Å². The summed E-state index contributed by atoms with van der Waals surface area (Å²) in [5.74, 6) is 0.613. The standard InChI is InChI=1S/C15H21N3S/c1-12-10-15(17-16-12)13-4-2-7-18(11-13)8-6-14-5-3-9-19-14/h3,5,9-10,13H,2,4,6-8,11H2,1H3,(H,16,17). The topological polar surface area (TPSA) is 31.9 Å². The summed E-state index contributed by atoms with van der Waals surface area (Å²) in [5.41, 5.74) is 2.42. The Bertz CT molecular complexity index is 503. The van der Waals surface area contributed by atoms with Crippen molar-refractivity contribution in [3.8, 4) is 0 Å². The molecule has 2 aromatic rings. The number of hydrogen-bond donors (Lipinski definition) is 1. The van der Waals surface area contributed by atoms with E-state index < -0.39 is 0 Å². The van der Waals surface area contributed by atoms with Gasteiger partial charge in [0.05, 0.1) is 5.69 Å². The molecule has 0 aliphatic carbocycles. The molecular formula is C15H21N3S. The molecule has 1 aliphatic rings. The van der Waals surface area contributed by atoms with Crippen molar-refractivity contribution in [1.29, 1.82) is 0 Å². The van der Waals surface area contributed by atoms with Gasteiger partial charge in [0.2, 0.25) is 0 Å². The van der Waals surface area contributed by atoms with Gasteiger partial charge in [-0.15, -0.1) is 11.3 Å². The maximum atomic E-state index is 4.43. The molecule has 0 aromatic carbocycles. The van der Waals surface area contributed by atoms with E-state index in [1.54, 1.807) is 0 Å². The quantitative estimate of drug-likeness (QED) is 0.929. The Kier molecular flexibility index (Phi) is 3.99. The highest BCUT2D eigenvalue weighted by Gasteiger charge is 2.22. The third-order valence-electron chi connectivity index (χ3n) is 3.90. The van der Waals surface area contributed by atoms with Crippen LogP contribution in [0.4, 0.5) is 0 Å². The van der Waals surface area contributed by atoms with Crippen molar-refractivity contribution in [2.75, 3.05) is 19.6 Å². The number of likely N-dealkylation sites (tertiary alicyclic amines) is 1. The normalized spacial score (nSPS) is 20.8. The van der Waals surface area contributed by atoms with Gasteiger partial charge < -0.3 is 4.90 Å². The van der Waals surface area contributed by atoms with Crippen LogP contribution in [-0.4, -0.2) is 34.7 Å². The van der Waals surface area contributed by atoms with Crippen molar-refractivity contribution in [2.24, 2.45) is 0 Å². The molecule has 19 heavy (non-hydrogen) atoms. The highest BCUT2D eigenvalue weighted by atomic mass is 32.1. The van der Waals surface area contributed by atoms with Crippen molar-refractivity contribution >= 4 is 11.3 Å². The molecule has 0 radical (unpaired) electrons. The lowest BCUT2D eigenvalue weighted by Crippen LogP contribution is -2.35. The molecule has 1 fully saturated rings. The first-order valence-corrected chi connectivity index (χ1v) is 7.96. The van der Waals surface area contributed by atoms with Gasteiger partial charge in [-0.1, -0.05) is 6.07 Å². The van der Waals surface area contributed by atoms with Crippen LogP contribution in [0.5, 0.6) is 0 Å². The van der Waals surface area contributed by atoms with Crippen molar-refractivity contribution in [3.63, 3.8) is 0 Å². The van der Waals surface area contributed by atoms with Crippen LogP contribution in [0.15, 0.2) is 23.6 Å². The first-order chi connectivity index (χ1) is 9.31. The summed E-state index contributed by atoms with van der Waals surface area (Å²) in [6, 6.07) is 6.59. The van der Waals surface area contributed by atoms with E-state index in [0.717, 1.165) is 6.54 Å². The van der Waals surface area contributed by atoms with Crippen molar-refractivity contribution in [1.82, 2.24) is 15.1 Å². The van der Waals surface area contributed by atoms with Gasteiger partial charge in [-0.2, -0.15) is 5.10 Å². The van der Waals surface area contributed by atoms with E-state index in [1.165, 1.54) is 48.6 Å². The summed E-state index contributed by atoms with van der Waals surface area (Å²) in [7, 11) is 0. The Morgan fingerprint density at radius 2 is 2.47 bits per heavy atom. The minimum absolute atomic E-state index is 0.613. The number of nitrogens with zero attached hydrogens (tertiary/aromatic N) is 2. The fraction of sp³-hybridized carbons (Fsp3) is 0.533. The van der Waals surface area contributed by atoms with Gasteiger partial charge in [0.15, 0.2) is 0 Å². The Balaban J connectivity index is 1.56. The lowest BCUT2D eigenvalue weighted by Gasteiger charge is -2.31. The maximum Gasteiger partial charge on any atom is 0.0668 e. The molecular weight excluding hydrogens is 254 g/mol. The van der Waals surface area contributed by atoms with Crippen LogP contribution in [0.25, 0.3) is 0 Å². The van der Waals surface area contributed by atoms with Gasteiger partial charge in [0, 0.05) is 29.6 Å². The average molecular weight is 275 g/mol. The Hall–Kier alpha value is -1.13. The predicted molar refractivity (Wildman–Crippen MR) is 79.8 cm³/mol. The lowest BCUT2D eigenvalue weighted by atomic mass is 9.94. The number of piperidine rings is 1. The minimum atomic E-state index is 0.613. The van der Waals surface area contributed by atoms with Crippen molar-refractivity contribution in [2.45, 2.75) is 32.1 Å². The number of aryl methyl sites for hydroxylation is 1. The van der Waals surface area contributed by atoms with Crippen LogP contribution < -0.4 is 0 Å². The number of nitrogens with one attached hydrogen (secondary N) is 1. The van der Waals surface area contributed by atoms with Gasteiger partial charge in [0.25, 0.3) is 0 Å². The van der Waals surface area contributed by atoms with E-state index in [1.807, 2.05) is 11.3 Å². The molecule has 1 aliphatic heterocycles. The molecule has 1 atom stereocenters. The van der Waals surface area contributed by atoms with Gasteiger partial charge in [-0.3, -0.25) is 5.10 Å². The third kappa shape index (κ3) is 3.25. The number of rotatable bonds is 4. The van der Waals surface area contributed by atoms with Crippen molar-refractivity contribution in [3.05, 3.63) is 39.8 Å². The summed E-state index contributed by atoms with van der Waals surface area (Å²) in [6.07, 6.45) is 3.75. The molecule has 0 amide bonds. The fourth-order valence-electron chi connectivity index (χ4n) is 2.87. The largest absolute Gasteiger partial charge is 0.302 e. The zero-order valence-corrected chi connectivity index (χ0v) is 12.2. The summed E-state index contributed by atoms with van der Waals surface area (Å²) < 4.78 is 0. The van der Waals surface area contributed by atoms with Crippen LogP contribution in [0.2, 0.25) is 0 Å². The van der Waals surface area contributed by atoms with Crippen LogP contribution in [0, 0.1) is 6.92 Å². The molecule has 3 nitrogen and oxygen atoms in total. The van der Waals surface area contributed by atoms with E-state index in [4.69, 9.17) is 0 Å². The van der Waals surface area contributed by atoms with Crippen molar-refractivity contribution < 1.29 is 0 Å². The SMILES string of the molecule is Cc1cc(C2CCCN(CCc3cccs3)C2)n[nH]1. The third-order valence-corrected chi connectivity index (χ3v) is 4.84. The van der Waals surface area contributed by atoms with Gasteiger partial charge >= 0.3 is 0 Å². The molecule has 0 saturated carbocycles. The van der Waals surface area contributed by atoms with E-state index in [9.17, 15) is 0 Å². The van der Waals surface area contributed by atoms with E-state index in [-0.39, 0.29) is 0 Å². The molecule has 2 aromatic heterocycles. The first kappa shape index (κ1) is 12.9. The second kappa shape index (κ2) is 5.88. The number of H-pyrrole nitrogens is 1. The number of aromatic nitrogens is 2. The van der Waals surface area contributed by atoms with E-state index in [2.05, 4.69) is 45.6 Å². The highest BCUT2D eigenvalue weighted by Crippen LogP contribution is 2.26. The highest BCUT2D eigenvalue weighted by molar-refractivity contribution is 7.09. The Morgan fingerprint density at radius 3 is 3.21 bits per heavy atom. The maximum absolute atomic E-state index is 4.43. The fourth-order valence-corrected chi connectivity index (χ4v) is 3.57. The summed E-state index contributed by atoms with van der Waals surface area (Å²) in [4.78, 5) is 4.09. The molecule has 4 heteroatoms. The number of aromatic amines is 1. The van der Waals surface area contributed by atoms with E-state index in [0.29, 0.717) is 5.92 Å². The Labute approximate surface area is 118 Å². The second-order valence-electron chi connectivity index (χ2n) is 5.44. The zero-order valence-electron chi connectivity index (χ0n) is 11.4. The molecule has 0 spiro atoms. The minimum Gasteiger partial charge on any atom is -0.302 e. The summed E-state index contributed by atoms with van der Waals surface area (Å²) in [5, 5.41) is 9.67. The predicted octanol–water partition coefficient (Wildman–Crippen LogP) is 3.20. The monoisotopic (exact) mass is 275 g/mol. The van der Waals surface area contributed by atoms with Gasteiger partial charge in [-0.25, -0.2) is 0 Å². The molecule has 1 N–H and O–H groups in total. The van der Waals surface area contributed by atoms with Gasteiger partial charge in [0.1, 0.15) is 0 Å². The summed E-state index contributed by atoms with van der Waals surface area (Å²) >= 11 is 1.87. The van der Waals surface area contributed by atoms with Crippen LogP contribution in [-0.2, 0) is 6.42 Å². The zero-order chi connectivity index (χ0) is 13.1.